The lowest BCUT2D eigenvalue weighted by Gasteiger charge is -2.39. The van der Waals surface area contributed by atoms with Gasteiger partial charge in [-0.15, -0.1) is 0 Å². The van der Waals surface area contributed by atoms with Gasteiger partial charge in [0.25, 0.3) is 0 Å². The third kappa shape index (κ3) is 4.88. The summed E-state index contributed by atoms with van der Waals surface area (Å²) in [6.07, 6.45) is 5.05. The second kappa shape index (κ2) is 11.9. The van der Waals surface area contributed by atoms with Gasteiger partial charge in [-0.05, 0) is 57.6 Å². The van der Waals surface area contributed by atoms with E-state index in [1.165, 1.54) is 80.2 Å². The van der Waals surface area contributed by atoms with Crippen LogP contribution in [-0.2, 0) is 10.8 Å². The Morgan fingerprint density at radius 1 is 0.510 bits per heavy atom. The van der Waals surface area contributed by atoms with Gasteiger partial charge in [-0.1, -0.05) is 168 Å². The monoisotopic (exact) mass is 682 g/mol. The minimum absolute atomic E-state index is 0.178. The number of hydrogen-bond acceptors (Lipinski definition) is 2. The first-order valence-electron chi connectivity index (χ1n) is 18.7. The molecule has 0 saturated heterocycles. The number of rotatable bonds is 5. The van der Waals surface area contributed by atoms with E-state index in [0.29, 0.717) is 5.92 Å². The van der Waals surface area contributed by atoms with Crippen molar-refractivity contribution >= 4 is 23.6 Å². The van der Waals surface area contributed by atoms with Crippen LogP contribution in [0, 0.1) is 0 Å². The van der Waals surface area contributed by atoms with Gasteiger partial charge in [0.15, 0.2) is 0 Å². The molecule has 0 N–H and O–H groups in total. The van der Waals surface area contributed by atoms with Crippen LogP contribution >= 0.6 is 0 Å². The zero-order valence-electron chi connectivity index (χ0n) is 30.4. The molecule has 1 saturated carbocycles. The molecule has 2 nitrogen and oxygen atoms in total. The maximum Gasteiger partial charge on any atom is 0.150 e. The van der Waals surface area contributed by atoms with E-state index >= 15 is 0 Å². The Bertz CT molecular complexity index is 2300. The minimum Gasteiger partial charge on any atom is -0.457 e. The summed E-state index contributed by atoms with van der Waals surface area (Å²) in [5.74, 6) is 4.49. The first-order chi connectivity index (χ1) is 24.7. The average molecular weight is 683 g/mol. The summed E-state index contributed by atoms with van der Waals surface area (Å²) in [6, 6.07) is 49.5. The highest BCUT2D eigenvalue weighted by atomic mass is 28.3. The maximum atomic E-state index is 7.00. The van der Waals surface area contributed by atoms with Gasteiger partial charge in [0, 0.05) is 38.6 Å². The van der Waals surface area contributed by atoms with Crippen molar-refractivity contribution in [2.24, 2.45) is 0 Å². The molecular formula is C48H46O2Si. The number of ether oxygens (including phenoxy) is 2. The fourth-order valence-electron chi connectivity index (χ4n) is 9.48. The Labute approximate surface area is 304 Å². The molecule has 2 heterocycles. The number of hydrogen-bond donors (Lipinski definition) is 0. The van der Waals surface area contributed by atoms with Crippen molar-refractivity contribution in [2.45, 2.75) is 76.7 Å². The maximum absolute atomic E-state index is 7.00. The highest BCUT2D eigenvalue weighted by molar-refractivity contribution is 7.11. The minimum atomic E-state index is -2.65. The lowest BCUT2D eigenvalue weighted by atomic mass is 9.74. The first-order valence-corrected chi connectivity index (χ1v) is 21.2. The van der Waals surface area contributed by atoms with Crippen LogP contribution in [-0.4, -0.2) is 8.07 Å². The van der Waals surface area contributed by atoms with Gasteiger partial charge < -0.3 is 9.47 Å². The zero-order valence-corrected chi connectivity index (χ0v) is 31.4. The van der Waals surface area contributed by atoms with E-state index in [1.807, 2.05) is 0 Å². The molecule has 1 aliphatic carbocycles. The van der Waals surface area contributed by atoms with Crippen LogP contribution in [0.3, 0.4) is 0 Å². The van der Waals surface area contributed by atoms with Crippen molar-refractivity contribution in [1.29, 1.82) is 0 Å². The summed E-state index contributed by atoms with van der Waals surface area (Å²) in [5, 5.41) is 4.07. The van der Waals surface area contributed by atoms with Crippen LogP contribution < -0.4 is 25.0 Å². The van der Waals surface area contributed by atoms with Crippen LogP contribution in [0.25, 0.3) is 11.1 Å². The normalized spacial score (nSPS) is 17.9. The number of fused-ring (bicyclic) bond motifs is 4. The molecule has 6 aromatic carbocycles. The van der Waals surface area contributed by atoms with Crippen LogP contribution in [0.5, 0.6) is 23.0 Å². The van der Waals surface area contributed by atoms with Crippen LogP contribution in [0.4, 0.5) is 0 Å². The quantitative estimate of drug-likeness (QED) is 0.133. The van der Waals surface area contributed by atoms with Gasteiger partial charge in [0.2, 0.25) is 0 Å². The summed E-state index contributed by atoms with van der Waals surface area (Å²) in [5.41, 5.74) is 8.58. The molecule has 1 atom stereocenters. The van der Waals surface area contributed by atoms with E-state index in [1.54, 1.807) is 0 Å². The second-order valence-corrected chi connectivity index (χ2v) is 20.0. The summed E-state index contributed by atoms with van der Waals surface area (Å²) < 4.78 is 13.9. The lowest BCUT2D eigenvalue weighted by molar-refractivity contribution is 0.419. The van der Waals surface area contributed by atoms with E-state index in [9.17, 15) is 0 Å². The smallest absolute Gasteiger partial charge is 0.150 e. The van der Waals surface area contributed by atoms with E-state index in [4.69, 9.17) is 9.47 Å². The van der Waals surface area contributed by atoms with Crippen molar-refractivity contribution in [3.63, 3.8) is 0 Å². The molecule has 0 spiro atoms. The van der Waals surface area contributed by atoms with E-state index in [2.05, 4.69) is 168 Å². The van der Waals surface area contributed by atoms with Gasteiger partial charge >= 0.3 is 0 Å². The highest BCUT2D eigenvalue weighted by Gasteiger charge is 2.43. The summed E-state index contributed by atoms with van der Waals surface area (Å²) in [6.45, 7) is 11.9. The SMILES string of the molecule is CC1(C)c2ccccc2Oc2c(-c3cc([Si](C)(c4ccccc4)c4cccc5c4Oc4ccccc4C5(C)C)ccc3C3CCCC3)cccc21. The van der Waals surface area contributed by atoms with E-state index in [0.717, 1.165) is 23.0 Å². The molecule has 0 bridgehead atoms. The first kappa shape index (κ1) is 32.1. The van der Waals surface area contributed by atoms with Gasteiger partial charge in [0.05, 0.1) is 0 Å². The Morgan fingerprint density at radius 2 is 1.06 bits per heavy atom. The molecule has 0 amide bonds. The third-order valence-electron chi connectivity index (χ3n) is 12.5. The predicted molar refractivity (Wildman–Crippen MR) is 214 cm³/mol. The summed E-state index contributed by atoms with van der Waals surface area (Å²) in [4.78, 5) is 0. The molecule has 1 fully saturated rings. The molecule has 3 aliphatic rings. The van der Waals surface area contributed by atoms with Crippen LogP contribution in [0.1, 0.15) is 87.1 Å². The second-order valence-electron chi connectivity index (χ2n) is 16.1. The molecule has 9 rings (SSSR count). The van der Waals surface area contributed by atoms with Gasteiger partial charge in [-0.2, -0.15) is 0 Å². The van der Waals surface area contributed by atoms with Crippen molar-refractivity contribution in [1.82, 2.24) is 0 Å². The molecule has 3 heteroatoms. The van der Waals surface area contributed by atoms with Crippen LogP contribution in [0.15, 0.2) is 133 Å². The van der Waals surface area contributed by atoms with E-state index < -0.39 is 8.07 Å². The summed E-state index contributed by atoms with van der Waals surface area (Å²) in [7, 11) is -2.65. The molecular weight excluding hydrogens is 637 g/mol. The molecule has 6 aromatic rings. The van der Waals surface area contributed by atoms with Crippen molar-refractivity contribution in [2.75, 3.05) is 0 Å². The Balaban J connectivity index is 1.29. The van der Waals surface area contributed by atoms with Crippen molar-refractivity contribution in [3.8, 4) is 34.1 Å². The largest absolute Gasteiger partial charge is 0.457 e. The fraction of sp³-hybridized carbons (Fsp3) is 0.250. The predicted octanol–water partition coefficient (Wildman–Crippen LogP) is 11.0. The highest BCUT2D eigenvalue weighted by Crippen LogP contribution is 2.53. The van der Waals surface area contributed by atoms with Crippen molar-refractivity contribution < 1.29 is 9.47 Å². The van der Waals surface area contributed by atoms with Crippen LogP contribution in [0.2, 0.25) is 6.55 Å². The molecule has 51 heavy (non-hydrogen) atoms. The zero-order chi connectivity index (χ0) is 35.0. The van der Waals surface area contributed by atoms with Crippen molar-refractivity contribution in [3.05, 3.63) is 161 Å². The summed E-state index contributed by atoms with van der Waals surface area (Å²) >= 11 is 0. The topological polar surface area (TPSA) is 18.5 Å². The Morgan fingerprint density at radius 3 is 1.73 bits per heavy atom. The molecule has 1 unspecified atom stereocenters. The third-order valence-corrected chi connectivity index (χ3v) is 17.0. The number of benzene rings is 6. The van der Waals surface area contributed by atoms with Gasteiger partial charge in [0.1, 0.15) is 31.1 Å². The lowest BCUT2D eigenvalue weighted by Crippen LogP contribution is -2.65. The fourth-order valence-corrected chi connectivity index (χ4v) is 13.2. The standard InChI is InChI=1S/C48H46O2Si/c1-47(2)38-22-11-13-26-42(38)49-45-36(21-15-24-40(45)47)37-31-34(29-30-35(37)32-17-9-10-18-32)51(5,33-19-7-6-8-20-33)44-28-16-25-41-46(44)50-43-27-14-12-23-39(43)48(41,3)4/h6-8,11-16,19-32H,9-10,17-18H2,1-5H3. The Hall–Kier alpha value is -4.86. The van der Waals surface area contributed by atoms with Gasteiger partial charge in [-0.25, -0.2) is 0 Å². The molecule has 254 valence electrons. The number of para-hydroxylation sites is 4. The molecule has 0 radical (unpaired) electrons. The molecule has 2 aliphatic heterocycles. The van der Waals surface area contributed by atoms with E-state index in [-0.39, 0.29) is 10.8 Å². The van der Waals surface area contributed by atoms with Gasteiger partial charge in [-0.3, -0.25) is 0 Å². The Kier molecular flexibility index (Phi) is 7.45. The molecule has 0 aromatic heterocycles. The average Bonchev–Trinajstić information content (AvgIpc) is 3.70.